The molecule has 1 N–H and O–H groups in total. The standard InChI is InChI=1S/C19H35N7/c1-16(2)26(17(3)4)11-7-10-21-18(20-5)24-12-14-25(15-13-24)19-22-8-6-9-23-19/h6,8-9,16-17H,7,10-15H2,1-5H3,(H,20,21). The Morgan fingerprint density at radius 1 is 1.12 bits per heavy atom. The fourth-order valence-corrected chi connectivity index (χ4v) is 3.48. The molecule has 146 valence electrons. The summed E-state index contributed by atoms with van der Waals surface area (Å²) < 4.78 is 0. The lowest BCUT2D eigenvalue weighted by molar-refractivity contribution is 0.173. The first-order valence-electron chi connectivity index (χ1n) is 9.76. The van der Waals surface area contributed by atoms with Gasteiger partial charge in [0, 0.05) is 70.8 Å². The SMILES string of the molecule is CN=C(NCCCN(C(C)C)C(C)C)N1CCN(c2ncccn2)CC1. The fraction of sp³-hybridized carbons (Fsp3) is 0.737. The summed E-state index contributed by atoms with van der Waals surface area (Å²) in [5.41, 5.74) is 0. The van der Waals surface area contributed by atoms with Crippen LogP contribution in [0.4, 0.5) is 5.95 Å². The van der Waals surface area contributed by atoms with E-state index in [4.69, 9.17) is 0 Å². The minimum absolute atomic E-state index is 0.586. The molecular formula is C19H35N7. The van der Waals surface area contributed by atoms with Crippen LogP contribution in [0.15, 0.2) is 23.5 Å². The van der Waals surface area contributed by atoms with E-state index in [0.29, 0.717) is 12.1 Å². The largest absolute Gasteiger partial charge is 0.356 e. The molecule has 0 amide bonds. The van der Waals surface area contributed by atoms with Gasteiger partial charge in [0.25, 0.3) is 0 Å². The second-order valence-electron chi connectivity index (χ2n) is 7.28. The number of nitrogens with zero attached hydrogens (tertiary/aromatic N) is 6. The lowest BCUT2D eigenvalue weighted by atomic mass is 10.2. The number of aliphatic imine (C=N–C) groups is 1. The molecule has 1 aromatic heterocycles. The molecule has 1 fully saturated rings. The first kappa shape index (κ1) is 20.4. The molecule has 0 saturated carbocycles. The number of rotatable bonds is 7. The van der Waals surface area contributed by atoms with E-state index in [9.17, 15) is 0 Å². The molecule has 7 heteroatoms. The molecular weight excluding hydrogens is 326 g/mol. The van der Waals surface area contributed by atoms with Gasteiger partial charge in [0.15, 0.2) is 5.96 Å². The van der Waals surface area contributed by atoms with E-state index in [1.807, 2.05) is 13.1 Å². The number of anilines is 1. The van der Waals surface area contributed by atoms with E-state index in [0.717, 1.165) is 57.6 Å². The lowest BCUT2D eigenvalue weighted by Gasteiger charge is -2.36. The highest BCUT2D eigenvalue weighted by atomic mass is 15.4. The van der Waals surface area contributed by atoms with Crippen molar-refractivity contribution in [3.8, 4) is 0 Å². The number of hydrogen-bond acceptors (Lipinski definition) is 5. The van der Waals surface area contributed by atoms with E-state index in [-0.39, 0.29) is 0 Å². The van der Waals surface area contributed by atoms with Gasteiger partial charge in [-0.3, -0.25) is 9.89 Å². The van der Waals surface area contributed by atoms with Gasteiger partial charge in [0.05, 0.1) is 0 Å². The number of nitrogens with one attached hydrogen (secondary N) is 1. The number of hydrogen-bond donors (Lipinski definition) is 1. The first-order valence-corrected chi connectivity index (χ1v) is 9.76. The predicted molar refractivity (Wildman–Crippen MR) is 109 cm³/mol. The quantitative estimate of drug-likeness (QED) is 0.453. The molecule has 1 aliphatic rings. The van der Waals surface area contributed by atoms with Crippen LogP contribution in [0.1, 0.15) is 34.1 Å². The Balaban J connectivity index is 1.74. The van der Waals surface area contributed by atoms with Gasteiger partial charge in [-0.15, -0.1) is 0 Å². The van der Waals surface area contributed by atoms with Crippen molar-refractivity contribution in [3.63, 3.8) is 0 Å². The molecule has 1 aromatic rings. The van der Waals surface area contributed by atoms with Crippen molar-refractivity contribution in [1.29, 1.82) is 0 Å². The van der Waals surface area contributed by atoms with Crippen molar-refractivity contribution in [1.82, 2.24) is 25.1 Å². The van der Waals surface area contributed by atoms with Crippen molar-refractivity contribution in [2.24, 2.45) is 4.99 Å². The summed E-state index contributed by atoms with van der Waals surface area (Å²) >= 11 is 0. The zero-order valence-electron chi connectivity index (χ0n) is 17.0. The highest BCUT2D eigenvalue weighted by Gasteiger charge is 2.21. The third-order valence-electron chi connectivity index (χ3n) is 4.83. The predicted octanol–water partition coefficient (Wildman–Crippen LogP) is 1.68. The third-order valence-corrected chi connectivity index (χ3v) is 4.83. The minimum atomic E-state index is 0.586. The fourth-order valence-electron chi connectivity index (χ4n) is 3.48. The monoisotopic (exact) mass is 361 g/mol. The molecule has 1 aliphatic heterocycles. The van der Waals surface area contributed by atoms with Crippen LogP contribution in [0.25, 0.3) is 0 Å². The molecule has 2 heterocycles. The number of piperazine rings is 1. The van der Waals surface area contributed by atoms with Gasteiger partial charge in [-0.05, 0) is 40.2 Å². The van der Waals surface area contributed by atoms with Gasteiger partial charge < -0.3 is 15.1 Å². The first-order chi connectivity index (χ1) is 12.5. The maximum absolute atomic E-state index is 4.46. The van der Waals surface area contributed by atoms with Crippen molar-refractivity contribution in [2.45, 2.75) is 46.2 Å². The maximum Gasteiger partial charge on any atom is 0.225 e. The van der Waals surface area contributed by atoms with E-state index in [1.165, 1.54) is 0 Å². The van der Waals surface area contributed by atoms with E-state index < -0.39 is 0 Å². The summed E-state index contributed by atoms with van der Waals surface area (Å²) in [5, 5.41) is 3.53. The molecule has 26 heavy (non-hydrogen) atoms. The summed E-state index contributed by atoms with van der Waals surface area (Å²) in [6.45, 7) is 14.8. The molecule has 2 rings (SSSR count). The highest BCUT2D eigenvalue weighted by molar-refractivity contribution is 5.80. The Morgan fingerprint density at radius 3 is 2.27 bits per heavy atom. The minimum Gasteiger partial charge on any atom is -0.356 e. The maximum atomic E-state index is 4.46. The van der Waals surface area contributed by atoms with Crippen molar-refractivity contribution in [2.75, 3.05) is 51.2 Å². The lowest BCUT2D eigenvalue weighted by Crippen LogP contribution is -2.53. The van der Waals surface area contributed by atoms with Gasteiger partial charge in [-0.25, -0.2) is 9.97 Å². The van der Waals surface area contributed by atoms with Gasteiger partial charge >= 0.3 is 0 Å². The van der Waals surface area contributed by atoms with Crippen LogP contribution < -0.4 is 10.2 Å². The van der Waals surface area contributed by atoms with E-state index >= 15 is 0 Å². The van der Waals surface area contributed by atoms with Crippen LogP contribution in [0, 0.1) is 0 Å². The van der Waals surface area contributed by atoms with E-state index in [2.05, 4.69) is 62.7 Å². The Bertz CT molecular complexity index is 528. The molecule has 1 saturated heterocycles. The zero-order chi connectivity index (χ0) is 18.9. The average molecular weight is 362 g/mol. The van der Waals surface area contributed by atoms with Crippen LogP contribution in [0.5, 0.6) is 0 Å². The van der Waals surface area contributed by atoms with Gasteiger partial charge in [-0.1, -0.05) is 0 Å². The van der Waals surface area contributed by atoms with Crippen molar-refractivity contribution >= 4 is 11.9 Å². The molecule has 0 radical (unpaired) electrons. The topological polar surface area (TPSA) is 59.9 Å². The second kappa shape index (κ2) is 10.3. The molecule has 0 bridgehead atoms. The summed E-state index contributed by atoms with van der Waals surface area (Å²) in [4.78, 5) is 20.2. The average Bonchev–Trinajstić information content (AvgIpc) is 2.65. The summed E-state index contributed by atoms with van der Waals surface area (Å²) in [5.74, 6) is 1.82. The molecule has 0 aromatic carbocycles. The van der Waals surface area contributed by atoms with Crippen LogP contribution in [-0.2, 0) is 0 Å². The molecule has 0 aliphatic carbocycles. The van der Waals surface area contributed by atoms with Crippen molar-refractivity contribution < 1.29 is 0 Å². The third kappa shape index (κ3) is 5.83. The Morgan fingerprint density at radius 2 is 1.73 bits per heavy atom. The van der Waals surface area contributed by atoms with Gasteiger partial charge in [0.1, 0.15) is 0 Å². The zero-order valence-corrected chi connectivity index (χ0v) is 17.0. The molecule has 0 spiro atoms. The van der Waals surface area contributed by atoms with Gasteiger partial charge in [-0.2, -0.15) is 0 Å². The smallest absolute Gasteiger partial charge is 0.225 e. The number of aromatic nitrogens is 2. The molecule has 0 unspecified atom stereocenters. The van der Waals surface area contributed by atoms with Crippen molar-refractivity contribution in [3.05, 3.63) is 18.5 Å². The molecule has 7 nitrogen and oxygen atoms in total. The normalized spacial score (nSPS) is 16.1. The summed E-state index contributed by atoms with van der Waals surface area (Å²) in [6.07, 6.45) is 4.72. The van der Waals surface area contributed by atoms with Crippen LogP contribution in [-0.4, -0.2) is 84.1 Å². The van der Waals surface area contributed by atoms with E-state index in [1.54, 1.807) is 12.4 Å². The van der Waals surface area contributed by atoms with Crippen LogP contribution in [0.2, 0.25) is 0 Å². The van der Waals surface area contributed by atoms with Crippen LogP contribution >= 0.6 is 0 Å². The van der Waals surface area contributed by atoms with Crippen LogP contribution in [0.3, 0.4) is 0 Å². The summed E-state index contributed by atoms with van der Waals surface area (Å²) in [6, 6.07) is 3.02. The Labute approximate surface area is 158 Å². The summed E-state index contributed by atoms with van der Waals surface area (Å²) in [7, 11) is 1.86. The Hall–Kier alpha value is -1.89. The number of guanidine groups is 1. The second-order valence-corrected chi connectivity index (χ2v) is 7.28. The van der Waals surface area contributed by atoms with Gasteiger partial charge in [0.2, 0.25) is 5.95 Å². The Kier molecular flexibility index (Phi) is 8.09. The molecule has 0 atom stereocenters. The highest BCUT2D eigenvalue weighted by Crippen LogP contribution is 2.10.